The highest BCUT2D eigenvalue weighted by Gasteiger charge is 2.32. The zero-order valence-corrected chi connectivity index (χ0v) is 21.6. The molecule has 4 rings (SSSR count). The largest absolute Gasteiger partial charge is 0.417 e. The van der Waals surface area contributed by atoms with Gasteiger partial charge in [-0.2, -0.15) is 13.2 Å². The number of anilines is 1. The maximum atomic E-state index is 13.2. The lowest BCUT2D eigenvalue weighted by atomic mass is 10.1. The molecule has 8 nitrogen and oxygen atoms in total. The Morgan fingerprint density at radius 2 is 2.00 bits per heavy atom. The van der Waals surface area contributed by atoms with E-state index >= 15 is 0 Å². The third-order valence-electron chi connectivity index (χ3n) is 6.52. The molecule has 2 amide bonds. The Morgan fingerprint density at radius 3 is 2.74 bits per heavy atom. The molecule has 38 heavy (non-hydrogen) atoms. The second kappa shape index (κ2) is 11.3. The normalized spacial score (nSPS) is 16.8. The number of aromatic nitrogens is 3. The molecule has 1 N–H and O–H groups in total. The summed E-state index contributed by atoms with van der Waals surface area (Å²) in [6.45, 7) is 3.62. The van der Waals surface area contributed by atoms with Gasteiger partial charge in [0.2, 0.25) is 11.9 Å². The minimum Gasteiger partial charge on any atom is -0.337 e. The molecule has 1 aromatic carbocycles. The van der Waals surface area contributed by atoms with Gasteiger partial charge >= 0.3 is 6.18 Å². The number of para-hydroxylation sites is 1. The van der Waals surface area contributed by atoms with Crippen LogP contribution in [0.15, 0.2) is 48.8 Å². The number of nitrogens with zero attached hydrogens (tertiary/aromatic N) is 5. The highest BCUT2D eigenvalue weighted by molar-refractivity contribution is 6.04. The number of fused-ring (bicyclic) bond motifs is 1. The minimum absolute atomic E-state index is 0.0829. The fraction of sp³-hybridized carbons (Fsp3) is 0.407. The van der Waals surface area contributed by atoms with Crippen molar-refractivity contribution >= 4 is 28.8 Å². The molecule has 1 unspecified atom stereocenters. The van der Waals surface area contributed by atoms with Crippen LogP contribution in [-0.4, -0.2) is 69.9 Å². The molecule has 0 aliphatic carbocycles. The molecular weight excluding hydrogens is 497 g/mol. The van der Waals surface area contributed by atoms with Gasteiger partial charge in [-0.25, -0.2) is 4.98 Å². The van der Waals surface area contributed by atoms with Crippen LogP contribution in [0.25, 0.3) is 11.0 Å². The van der Waals surface area contributed by atoms with Crippen molar-refractivity contribution in [2.75, 3.05) is 39.0 Å². The van der Waals surface area contributed by atoms with Crippen molar-refractivity contribution < 1.29 is 22.8 Å². The molecule has 2 aromatic heterocycles. The lowest BCUT2D eigenvalue weighted by Gasteiger charge is -2.26. The van der Waals surface area contributed by atoms with Crippen molar-refractivity contribution in [3.63, 3.8) is 0 Å². The number of likely N-dealkylation sites (tertiary alicyclic amines) is 1. The number of hydrogen-bond donors (Lipinski definition) is 1. The number of rotatable bonds is 6. The molecule has 0 saturated carbocycles. The van der Waals surface area contributed by atoms with Crippen LogP contribution >= 0.6 is 0 Å². The Bertz CT molecular complexity index is 1350. The lowest BCUT2D eigenvalue weighted by molar-refractivity contribution is -0.137. The second-order valence-electron chi connectivity index (χ2n) is 9.76. The molecule has 0 spiro atoms. The van der Waals surface area contributed by atoms with E-state index < -0.39 is 17.6 Å². The predicted octanol–water partition coefficient (Wildman–Crippen LogP) is 4.68. The van der Waals surface area contributed by atoms with Gasteiger partial charge in [-0.15, -0.1) is 0 Å². The van der Waals surface area contributed by atoms with Crippen molar-refractivity contribution in [1.82, 2.24) is 24.3 Å². The van der Waals surface area contributed by atoms with Crippen molar-refractivity contribution in [2.45, 2.75) is 38.4 Å². The molecular formula is C27H31F3N6O2. The number of alkyl halides is 3. The van der Waals surface area contributed by atoms with Crippen LogP contribution in [0.5, 0.6) is 0 Å². The Labute approximate surface area is 219 Å². The highest BCUT2D eigenvalue weighted by atomic mass is 19.4. The summed E-state index contributed by atoms with van der Waals surface area (Å²) in [6.07, 6.45) is 3.02. The summed E-state index contributed by atoms with van der Waals surface area (Å²) < 4.78 is 41.5. The van der Waals surface area contributed by atoms with E-state index in [-0.39, 0.29) is 23.5 Å². The number of halogens is 3. The lowest BCUT2D eigenvalue weighted by Crippen LogP contribution is -2.35. The van der Waals surface area contributed by atoms with Gasteiger partial charge in [0.05, 0.1) is 28.2 Å². The quantitative estimate of drug-likeness (QED) is 0.470. The van der Waals surface area contributed by atoms with Gasteiger partial charge in [-0.05, 0) is 58.0 Å². The number of nitrogens with one attached hydrogen (secondary N) is 1. The first-order chi connectivity index (χ1) is 18.0. The van der Waals surface area contributed by atoms with Crippen molar-refractivity contribution in [2.24, 2.45) is 0 Å². The summed E-state index contributed by atoms with van der Waals surface area (Å²) in [7, 11) is 3.85. The zero-order valence-electron chi connectivity index (χ0n) is 21.6. The van der Waals surface area contributed by atoms with E-state index in [1.54, 1.807) is 11.0 Å². The molecule has 0 radical (unpaired) electrons. The Kier molecular flexibility index (Phi) is 8.15. The number of likely N-dealkylation sites (N-methyl/N-ethyl adjacent to an activating group) is 1. The molecule has 202 valence electrons. The topological polar surface area (TPSA) is 83.4 Å². The molecule has 11 heteroatoms. The smallest absolute Gasteiger partial charge is 0.337 e. The van der Waals surface area contributed by atoms with E-state index in [0.717, 1.165) is 42.6 Å². The minimum atomic E-state index is -4.62. The molecule has 3 heterocycles. The summed E-state index contributed by atoms with van der Waals surface area (Å²) in [6, 6.07) is 6.20. The molecule has 1 fully saturated rings. The van der Waals surface area contributed by atoms with Gasteiger partial charge in [0.15, 0.2) is 0 Å². The summed E-state index contributed by atoms with van der Waals surface area (Å²) >= 11 is 0. The number of carbonyl (C=O) groups is 2. The monoisotopic (exact) mass is 528 g/mol. The van der Waals surface area contributed by atoms with E-state index in [1.165, 1.54) is 0 Å². The van der Waals surface area contributed by atoms with Crippen LogP contribution in [-0.2, 0) is 11.0 Å². The summed E-state index contributed by atoms with van der Waals surface area (Å²) in [5.74, 6) is -0.606. The van der Waals surface area contributed by atoms with Gasteiger partial charge < -0.3 is 14.4 Å². The third kappa shape index (κ3) is 6.21. The first-order valence-corrected chi connectivity index (χ1v) is 12.5. The first kappa shape index (κ1) is 27.3. The SMILES string of the molecule is Cc1cccc2nc(NC(=O)c3cncc(C(F)(F)F)c3)n(C3CCCCN(C(=O)/C=C/CN(C)C)C3)c12. The fourth-order valence-electron chi connectivity index (χ4n) is 4.66. The number of amides is 2. The van der Waals surface area contributed by atoms with E-state index in [1.807, 2.05) is 54.8 Å². The van der Waals surface area contributed by atoms with Gasteiger partial charge in [-0.3, -0.25) is 19.9 Å². The first-order valence-electron chi connectivity index (χ1n) is 12.5. The number of aryl methyl sites for hydroxylation is 1. The Hall–Kier alpha value is -3.73. The van der Waals surface area contributed by atoms with Gasteiger partial charge in [-0.1, -0.05) is 18.2 Å². The van der Waals surface area contributed by atoms with E-state index in [2.05, 4.69) is 15.3 Å². The average molecular weight is 529 g/mol. The second-order valence-corrected chi connectivity index (χ2v) is 9.76. The average Bonchev–Trinajstić information content (AvgIpc) is 3.05. The van der Waals surface area contributed by atoms with Crippen LogP contribution < -0.4 is 5.32 Å². The van der Waals surface area contributed by atoms with Crippen LogP contribution in [0.3, 0.4) is 0 Å². The number of hydrogen-bond acceptors (Lipinski definition) is 5. The maximum Gasteiger partial charge on any atom is 0.417 e. The van der Waals surface area contributed by atoms with Crippen LogP contribution in [0.2, 0.25) is 0 Å². The Morgan fingerprint density at radius 1 is 1.21 bits per heavy atom. The number of benzene rings is 1. The predicted molar refractivity (Wildman–Crippen MR) is 139 cm³/mol. The van der Waals surface area contributed by atoms with Crippen molar-refractivity contribution in [3.05, 3.63) is 65.5 Å². The molecule has 1 atom stereocenters. The van der Waals surface area contributed by atoms with E-state index in [0.29, 0.717) is 31.3 Å². The fourth-order valence-corrected chi connectivity index (χ4v) is 4.66. The summed E-state index contributed by atoms with van der Waals surface area (Å²) in [4.78, 5) is 38.0. The molecule has 1 saturated heterocycles. The molecule has 3 aromatic rings. The van der Waals surface area contributed by atoms with Crippen LogP contribution in [0, 0.1) is 6.92 Å². The van der Waals surface area contributed by atoms with Crippen molar-refractivity contribution in [1.29, 1.82) is 0 Å². The molecule has 1 aliphatic heterocycles. The molecule has 0 bridgehead atoms. The number of imidazole rings is 1. The highest BCUT2D eigenvalue weighted by Crippen LogP contribution is 2.33. The van der Waals surface area contributed by atoms with E-state index in [9.17, 15) is 22.8 Å². The summed E-state index contributed by atoms with van der Waals surface area (Å²) in [5, 5.41) is 2.71. The standard InChI is InChI=1S/C27H31F3N6O2/c1-18-8-6-10-22-24(18)36(21-9-4-5-13-35(17-21)23(37)11-7-12-34(2)3)26(32-22)33-25(38)19-14-20(16-31-15-19)27(28,29)30/h6-8,10-11,14-16,21H,4-5,9,12-13,17H2,1-3H3,(H,32,33,38)/b11-7+. The third-order valence-corrected chi connectivity index (χ3v) is 6.52. The number of carbonyl (C=O) groups excluding carboxylic acids is 2. The van der Waals surface area contributed by atoms with Gasteiger partial charge in [0, 0.05) is 38.1 Å². The van der Waals surface area contributed by atoms with Gasteiger partial charge in [0.25, 0.3) is 5.91 Å². The van der Waals surface area contributed by atoms with Crippen LogP contribution in [0.1, 0.15) is 46.8 Å². The summed E-state index contributed by atoms with van der Waals surface area (Å²) in [5.41, 5.74) is 1.17. The van der Waals surface area contributed by atoms with E-state index in [4.69, 9.17) is 0 Å². The molecule has 1 aliphatic rings. The Balaban J connectivity index is 1.68. The zero-order chi connectivity index (χ0) is 27.4. The van der Waals surface area contributed by atoms with Gasteiger partial charge in [0.1, 0.15) is 0 Å². The maximum absolute atomic E-state index is 13.2. The van der Waals surface area contributed by atoms with Crippen LogP contribution in [0.4, 0.5) is 19.1 Å². The number of pyridine rings is 1. The van der Waals surface area contributed by atoms with Crippen molar-refractivity contribution in [3.8, 4) is 0 Å².